The Balaban J connectivity index is 1.68. The summed E-state index contributed by atoms with van der Waals surface area (Å²) in [5, 5.41) is 2.64. The summed E-state index contributed by atoms with van der Waals surface area (Å²) in [5.41, 5.74) is 2.34. The second-order valence-corrected chi connectivity index (χ2v) is 7.74. The van der Waals surface area contributed by atoms with Gasteiger partial charge in [-0.05, 0) is 53.7 Å². The molecule has 144 valence electrons. The van der Waals surface area contributed by atoms with E-state index >= 15 is 0 Å². The van der Waals surface area contributed by atoms with Gasteiger partial charge in [-0.25, -0.2) is 0 Å². The average molecular weight is 416 g/mol. The molecular formula is C20H18ClN3O3S. The second-order valence-electron chi connectivity index (χ2n) is 6.31. The maximum absolute atomic E-state index is 12.5. The number of carbonyl (C=O) groups is 3. The van der Waals surface area contributed by atoms with Crippen molar-refractivity contribution in [2.24, 2.45) is 0 Å². The Labute approximate surface area is 172 Å². The molecule has 8 heteroatoms. The van der Waals surface area contributed by atoms with Crippen LogP contribution in [-0.2, 0) is 9.59 Å². The predicted octanol–water partition coefficient (Wildman–Crippen LogP) is 4.08. The Hall–Kier alpha value is -2.77. The van der Waals surface area contributed by atoms with Crippen LogP contribution in [0.25, 0.3) is 6.08 Å². The third-order valence-electron chi connectivity index (χ3n) is 3.99. The van der Waals surface area contributed by atoms with Crippen LogP contribution in [0.5, 0.6) is 0 Å². The SMILES string of the molecule is CN(C)c1ccc(/C=C2/SC(=O)N(CC(=O)Nc3cccc(Cl)c3)C2=O)cc1. The lowest BCUT2D eigenvalue weighted by atomic mass is 10.2. The van der Waals surface area contributed by atoms with Crippen LogP contribution in [0.15, 0.2) is 53.4 Å². The topological polar surface area (TPSA) is 69.7 Å². The zero-order chi connectivity index (χ0) is 20.3. The van der Waals surface area contributed by atoms with E-state index in [2.05, 4.69) is 5.32 Å². The van der Waals surface area contributed by atoms with Gasteiger partial charge >= 0.3 is 0 Å². The van der Waals surface area contributed by atoms with Gasteiger partial charge in [0.05, 0.1) is 4.91 Å². The first-order chi connectivity index (χ1) is 13.3. The highest BCUT2D eigenvalue weighted by Crippen LogP contribution is 2.32. The molecule has 1 N–H and O–H groups in total. The van der Waals surface area contributed by atoms with Crippen molar-refractivity contribution in [3.8, 4) is 0 Å². The highest BCUT2D eigenvalue weighted by Gasteiger charge is 2.36. The Morgan fingerprint density at radius 2 is 1.89 bits per heavy atom. The number of carbonyl (C=O) groups excluding carboxylic acids is 3. The molecule has 1 fully saturated rings. The monoisotopic (exact) mass is 415 g/mol. The molecular weight excluding hydrogens is 398 g/mol. The van der Waals surface area contributed by atoms with Crippen molar-refractivity contribution in [1.82, 2.24) is 4.90 Å². The van der Waals surface area contributed by atoms with Gasteiger partial charge in [0.2, 0.25) is 5.91 Å². The minimum absolute atomic E-state index is 0.290. The van der Waals surface area contributed by atoms with E-state index < -0.39 is 17.1 Å². The van der Waals surface area contributed by atoms with E-state index in [1.807, 2.05) is 43.3 Å². The number of nitrogens with one attached hydrogen (secondary N) is 1. The van der Waals surface area contributed by atoms with E-state index in [9.17, 15) is 14.4 Å². The fourth-order valence-corrected chi connectivity index (χ4v) is 3.60. The molecule has 1 aliphatic rings. The molecule has 0 saturated carbocycles. The summed E-state index contributed by atoms with van der Waals surface area (Å²) in [6.07, 6.45) is 1.65. The maximum Gasteiger partial charge on any atom is 0.294 e. The Bertz CT molecular complexity index is 957. The average Bonchev–Trinajstić information content (AvgIpc) is 2.89. The molecule has 2 aromatic carbocycles. The molecule has 6 nitrogen and oxygen atoms in total. The minimum atomic E-state index is -0.479. The number of thioether (sulfide) groups is 1. The summed E-state index contributed by atoms with van der Waals surface area (Å²) in [4.78, 5) is 40.1. The first-order valence-corrected chi connectivity index (χ1v) is 9.61. The lowest BCUT2D eigenvalue weighted by Crippen LogP contribution is -2.36. The Morgan fingerprint density at radius 1 is 1.18 bits per heavy atom. The summed E-state index contributed by atoms with van der Waals surface area (Å²) in [5.74, 6) is -0.950. The van der Waals surface area contributed by atoms with Gasteiger partial charge in [0, 0.05) is 30.5 Å². The van der Waals surface area contributed by atoms with Crippen molar-refractivity contribution < 1.29 is 14.4 Å². The van der Waals surface area contributed by atoms with Gasteiger partial charge in [-0.3, -0.25) is 19.3 Å². The van der Waals surface area contributed by atoms with Crippen LogP contribution in [0.3, 0.4) is 0 Å². The van der Waals surface area contributed by atoms with E-state index in [-0.39, 0.29) is 11.4 Å². The van der Waals surface area contributed by atoms with Gasteiger partial charge in [0.15, 0.2) is 0 Å². The second kappa shape index (κ2) is 8.50. The van der Waals surface area contributed by atoms with Gasteiger partial charge in [-0.1, -0.05) is 29.8 Å². The number of halogens is 1. The van der Waals surface area contributed by atoms with Crippen LogP contribution in [-0.4, -0.2) is 42.6 Å². The molecule has 2 aromatic rings. The van der Waals surface area contributed by atoms with E-state index in [1.165, 1.54) is 0 Å². The van der Waals surface area contributed by atoms with Crippen molar-refractivity contribution in [2.45, 2.75) is 0 Å². The van der Waals surface area contributed by atoms with Crippen molar-refractivity contribution in [3.05, 3.63) is 64.0 Å². The van der Waals surface area contributed by atoms with Crippen molar-refractivity contribution in [1.29, 1.82) is 0 Å². The van der Waals surface area contributed by atoms with Crippen LogP contribution in [0.4, 0.5) is 16.2 Å². The zero-order valence-electron chi connectivity index (χ0n) is 15.3. The molecule has 1 saturated heterocycles. The van der Waals surface area contributed by atoms with Crippen LogP contribution in [0, 0.1) is 0 Å². The number of imide groups is 1. The molecule has 0 bridgehead atoms. The van der Waals surface area contributed by atoms with Crippen LogP contribution >= 0.6 is 23.4 Å². The summed E-state index contributed by atoms with van der Waals surface area (Å²) < 4.78 is 0. The number of amides is 3. The molecule has 0 aromatic heterocycles. The lowest BCUT2D eigenvalue weighted by molar-refractivity contribution is -0.127. The Kier molecular flexibility index (Phi) is 6.06. The van der Waals surface area contributed by atoms with Gasteiger partial charge < -0.3 is 10.2 Å². The highest BCUT2D eigenvalue weighted by molar-refractivity contribution is 8.18. The number of anilines is 2. The molecule has 3 amide bonds. The first-order valence-electron chi connectivity index (χ1n) is 8.41. The maximum atomic E-state index is 12.5. The number of hydrogen-bond acceptors (Lipinski definition) is 5. The van der Waals surface area contributed by atoms with Gasteiger partial charge in [0.25, 0.3) is 11.1 Å². The molecule has 0 aliphatic carbocycles. The third-order valence-corrected chi connectivity index (χ3v) is 5.13. The molecule has 0 atom stereocenters. The summed E-state index contributed by atoms with van der Waals surface area (Å²) in [6.45, 7) is -0.353. The van der Waals surface area contributed by atoms with Gasteiger partial charge in [0.1, 0.15) is 6.54 Å². The van der Waals surface area contributed by atoms with Gasteiger partial charge in [-0.2, -0.15) is 0 Å². The Morgan fingerprint density at radius 3 is 2.54 bits per heavy atom. The fraction of sp³-hybridized carbons (Fsp3) is 0.150. The first kappa shape index (κ1) is 20.0. The third kappa shape index (κ3) is 4.74. The van der Waals surface area contributed by atoms with Crippen LogP contribution in [0.2, 0.25) is 5.02 Å². The number of nitrogens with zero attached hydrogens (tertiary/aromatic N) is 2. The fourth-order valence-electron chi connectivity index (χ4n) is 2.57. The molecule has 0 unspecified atom stereocenters. The largest absolute Gasteiger partial charge is 0.378 e. The number of rotatable bonds is 5. The van der Waals surface area contributed by atoms with E-state index in [0.29, 0.717) is 10.7 Å². The van der Waals surface area contributed by atoms with Crippen LogP contribution in [0.1, 0.15) is 5.56 Å². The lowest BCUT2D eigenvalue weighted by Gasteiger charge is -2.12. The molecule has 1 heterocycles. The highest BCUT2D eigenvalue weighted by atomic mass is 35.5. The van der Waals surface area contributed by atoms with Crippen molar-refractivity contribution in [3.63, 3.8) is 0 Å². The molecule has 28 heavy (non-hydrogen) atoms. The molecule has 0 spiro atoms. The summed E-state index contributed by atoms with van der Waals surface area (Å²) >= 11 is 6.71. The minimum Gasteiger partial charge on any atom is -0.378 e. The predicted molar refractivity (Wildman–Crippen MR) is 114 cm³/mol. The smallest absolute Gasteiger partial charge is 0.294 e. The molecule has 0 radical (unpaired) electrons. The summed E-state index contributed by atoms with van der Waals surface area (Å²) in [7, 11) is 3.88. The number of benzene rings is 2. The quantitative estimate of drug-likeness (QED) is 0.745. The van der Waals surface area contributed by atoms with Gasteiger partial charge in [-0.15, -0.1) is 0 Å². The molecule has 1 aliphatic heterocycles. The summed E-state index contributed by atoms with van der Waals surface area (Å²) in [6, 6.07) is 14.2. The normalized spacial score (nSPS) is 15.2. The van der Waals surface area contributed by atoms with E-state index in [4.69, 9.17) is 11.6 Å². The zero-order valence-corrected chi connectivity index (χ0v) is 16.9. The molecule has 3 rings (SSSR count). The van der Waals surface area contributed by atoms with E-state index in [1.54, 1.807) is 30.3 Å². The van der Waals surface area contributed by atoms with Crippen molar-refractivity contribution in [2.75, 3.05) is 30.9 Å². The standard InChI is InChI=1S/C20H18ClN3O3S/c1-23(2)16-8-6-13(7-9-16)10-17-19(26)24(20(27)28-17)12-18(25)22-15-5-3-4-14(21)11-15/h3-11H,12H2,1-2H3,(H,22,25)/b17-10+. The van der Waals surface area contributed by atoms with Crippen LogP contribution < -0.4 is 10.2 Å². The van der Waals surface area contributed by atoms with Crippen molar-refractivity contribution >= 4 is 57.9 Å². The number of hydrogen-bond donors (Lipinski definition) is 1. The van der Waals surface area contributed by atoms with E-state index in [0.717, 1.165) is 27.9 Å².